The van der Waals surface area contributed by atoms with Gasteiger partial charge in [-0.3, -0.25) is 4.79 Å². The van der Waals surface area contributed by atoms with E-state index >= 15 is 0 Å². The maximum absolute atomic E-state index is 12.1. The predicted octanol–water partition coefficient (Wildman–Crippen LogP) is 2.62. The van der Waals surface area contributed by atoms with Gasteiger partial charge in [0.05, 0.1) is 5.54 Å². The molecule has 1 aromatic heterocycles. The lowest BCUT2D eigenvalue weighted by atomic mass is 9.96. The molecule has 0 saturated heterocycles. The number of amides is 1. The van der Waals surface area contributed by atoms with Gasteiger partial charge in [-0.2, -0.15) is 0 Å². The summed E-state index contributed by atoms with van der Waals surface area (Å²) in [5.41, 5.74) is 7.01. The number of carbonyl (C=O) groups excluding carboxylic acids is 1. The highest BCUT2D eigenvalue weighted by molar-refractivity contribution is 5.99. The molecule has 1 atom stereocenters. The summed E-state index contributed by atoms with van der Waals surface area (Å²) >= 11 is 0. The minimum Gasteiger partial charge on any atom is -0.361 e. The summed E-state index contributed by atoms with van der Waals surface area (Å²) in [5.74, 6) is -0.140. The minimum absolute atomic E-state index is 0.140. The first-order valence-electron chi connectivity index (χ1n) is 6.20. The van der Waals surface area contributed by atoms with Crippen molar-refractivity contribution in [2.45, 2.75) is 32.2 Å². The van der Waals surface area contributed by atoms with Crippen molar-refractivity contribution < 1.29 is 4.79 Å². The fourth-order valence-corrected chi connectivity index (χ4v) is 2.04. The van der Waals surface area contributed by atoms with Crippen LogP contribution < -0.4 is 11.1 Å². The average molecular weight is 245 g/mol. The van der Waals surface area contributed by atoms with Gasteiger partial charge < -0.3 is 16.0 Å². The van der Waals surface area contributed by atoms with Crippen molar-refractivity contribution >= 4 is 22.5 Å². The third-order valence-electron chi connectivity index (χ3n) is 3.10. The standard InChI is InChI=1S/C14H19N3O/c1-3-7-14(2,15)13(18)17-11-4-5-12-10(9-11)6-8-16-12/h4-6,8-9,16H,3,7,15H2,1-2H3,(H,17,18). The second-order valence-corrected chi connectivity index (χ2v) is 4.90. The van der Waals surface area contributed by atoms with E-state index in [9.17, 15) is 4.79 Å². The molecule has 18 heavy (non-hydrogen) atoms. The Morgan fingerprint density at radius 3 is 2.94 bits per heavy atom. The van der Waals surface area contributed by atoms with Gasteiger partial charge >= 0.3 is 0 Å². The first kappa shape index (κ1) is 12.6. The lowest BCUT2D eigenvalue weighted by Crippen LogP contribution is -2.48. The minimum atomic E-state index is -0.818. The summed E-state index contributed by atoms with van der Waals surface area (Å²) in [6.07, 6.45) is 3.43. The quantitative estimate of drug-likeness (QED) is 0.775. The Morgan fingerprint density at radius 1 is 1.44 bits per heavy atom. The molecular formula is C14H19N3O. The smallest absolute Gasteiger partial charge is 0.244 e. The van der Waals surface area contributed by atoms with Gasteiger partial charge in [0, 0.05) is 22.8 Å². The predicted molar refractivity (Wildman–Crippen MR) is 74.4 cm³/mol. The zero-order chi connectivity index (χ0) is 13.2. The Morgan fingerprint density at radius 2 is 2.22 bits per heavy atom. The normalized spacial score (nSPS) is 14.4. The van der Waals surface area contributed by atoms with E-state index in [4.69, 9.17) is 5.73 Å². The molecule has 0 spiro atoms. The molecule has 2 rings (SSSR count). The summed E-state index contributed by atoms with van der Waals surface area (Å²) in [4.78, 5) is 15.2. The SMILES string of the molecule is CCCC(C)(N)C(=O)Nc1ccc2[nH]ccc2c1. The molecule has 1 aromatic carbocycles. The Bertz CT molecular complexity index is 557. The van der Waals surface area contributed by atoms with Crippen molar-refractivity contribution in [1.29, 1.82) is 0 Å². The zero-order valence-electron chi connectivity index (χ0n) is 10.8. The largest absolute Gasteiger partial charge is 0.361 e. The Labute approximate surface area is 107 Å². The van der Waals surface area contributed by atoms with Crippen molar-refractivity contribution in [3.05, 3.63) is 30.5 Å². The topological polar surface area (TPSA) is 70.9 Å². The molecule has 0 fully saturated rings. The molecule has 0 saturated carbocycles. The summed E-state index contributed by atoms with van der Waals surface area (Å²) in [6, 6.07) is 7.72. The van der Waals surface area contributed by atoms with Crippen LogP contribution in [0.2, 0.25) is 0 Å². The molecule has 1 heterocycles. The zero-order valence-corrected chi connectivity index (χ0v) is 10.8. The molecule has 0 radical (unpaired) electrons. The fourth-order valence-electron chi connectivity index (χ4n) is 2.04. The van der Waals surface area contributed by atoms with Crippen molar-refractivity contribution in [3.8, 4) is 0 Å². The first-order chi connectivity index (χ1) is 8.53. The number of aromatic nitrogens is 1. The molecule has 4 N–H and O–H groups in total. The molecule has 0 aliphatic heterocycles. The molecule has 4 nitrogen and oxygen atoms in total. The second kappa shape index (κ2) is 4.82. The van der Waals surface area contributed by atoms with Crippen LogP contribution in [0.15, 0.2) is 30.5 Å². The Hall–Kier alpha value is -1.81. The van der Waals surface area contributed by atoms with Gasteiger partial charge in [-0.1, -0.05) is 13.3 Å². The van der Waals surface area contributed by atoms with Gasteiger partial charge in [0.1, 0.15) is 0 Å². The van der Waals surface area contributed by atoms with E-state index in [1.54, 1.807) is 6.92 Å². The monoisotopic (exact) mass is 245 g/mol. The van der Waals surface area contributed by atoms with E-state index in [1.165, 1.54) is 0 Å². The molecule has 1 amide bonds. The first-order valence-corrected chi connectivity index (χ1v) is 6.20. The summed E-state index contributed by atoms with van der Waals surface area (Å²) in [6.45, 7) is 3.78. The number of carbonyl (C=O) groups is 1. The molecule has 2 aromatic rings. The number of aromatic amines is 1. The Balaban J connectivity index is 2.15. The summed E-state index contributed by atoms with van der Waals surface area (Å²) in [7, 11) is 0. The number of nitrogens with one attached hydrogen (secondary N) is 2. The van der Waals surface area contributed by atoms with Crippen LogP contribution in [0, 0.1) is 0 Å². The summed E-state index contributed by atoms with van der Waals surface area (Å²) in [5, 5.41) is 3.94. The van der Waals surface area contributed by atoms with Crippen LogP contribution in [0.3, 0.4) is 0 Å². The molecule has 0 aliphatic carbocycles. The maximum atomic E-state index is 12.1. The third-order valence-corrected chi connectivity index (χ3v) is 3.10. The van der Waals surface area contributed by atoms with Crippen LogP contribution in [-0.2, 0) is 4.79 Å². The molecule has 96 valence electrons. The highest BCUT2D eigenvalue weighted by Gasteiger charge is 2.27. The highest BCUT2D eigenvalue weighted by Crippen LogP contribution is 2.19. The van der Waals surface area contributed by atoms with Crippen LogP contribution in [0.4, 0.5) is 5.69 Å². The molecule has 0 aliphatic rings. The van der Waals surface area contributed by atoms with Crippen molar-refractivity contribution in [3.63, 3.8) is 0 Å². The van der Waals surface area contributed by atoms with E-state index in [2.05, 4.69) is 10.3 Å². The van der Waals surface area contributed by atoms with Crippen LogP contribution in [0.1, 0.15) is 26.7 Å². The van der Waals surface area contributed by atoms with E-state index in [1.807, 2.05) is 37.4 Å². The van der Waals surface area contributed by atoms with Crippen LogP contribution in [0.5, 0.6) is 0 Å². The molecule has 4 heteroatoms. The van der Waals surface area contributed by atoms with Gasteiger partial charge in [0.2, 0.25) is 5.91 Å². The maximum Gasteiger partial charge on any atom is 0.244 e. The number of nitrogens with two attached hydrogens (primary N) is 1. The number of anilines is 1. The van der Waals surface area contributed by atoms with E-state index < -0.39 is 5.54 Å². The van der Waals surface area contributed by atoms with Crippen molar-refractivity contribution in [2.75, 3.05) is 5.32 Å². The van der Waals surface area contributed by atoms with Crippen molar-refractivity contribution in [2.24, 2.45) is 5.73 Å². The van der Waals surface area contributed by atoms with E-state index in [0.717, 1.165) is 23.0 Å². The molecule has 1 unspecified atom stereocenters. The number of H-pyrrole nitrogens is 1. The number of hydrogen-bond acceptors (Lipinski definition) is 2. The van der Waals surface area contributed by atoms with Crippen molar-refractivity contribution in [1.82, 2.24) is 4.98 Å². The summed E-state index contributed by atoms with van der Waals surface area (Å²) < 4.78 is 0. The second-order valence-electron chi connectivity index (χ2n) is 4.90. The van der Waals surface area contributed by atoms with Gasteiger partial charge in [-0.05, 0) is 37.6 Å². The average Bonchev–Trinajstić information content (AvgIpc) is 2.76. The van der Waals surface area contributed by atoms with Gasteiger partial charge in [0.15, 0.2) is 0 Å². The number of hydrogen-bond donors (Lipinski definition) is 3. The molecular weight excluding hydrogens is 226 g/mol. The Kier molecular flexibility index (Phi) is 3.39. The number of benzene rings is 1. The lowest BCUT2D eigenvalue weighted by molar-refractivity contribution is -0.120. The molecule has 0 bridgehead atoms. The van der Waals surface area contributed by atoms with Gasteiger partial charge in [0.25, 0.3) is 0 Å². The number of rotatable bonds is 4. The van der Waals surface area contributed by atoms with Crippen LogP contribution in [0.25, 0.3) is 10.9 Å². The van der Waals surface area contributed by atoms with Gasteiger partial charge in [-0.25, -0.2) is 0 Å². The van der Waals surface area contributed by atoms with E-state index in [-0.39, 0.29) is 5.91 Å². The van der Waals surface area contributed by atoms with Crippen LogP contribution >= 0.6 is 0 Å². The van der Waals surface area contributed by atoms with E-state index in [0.29, 0.717) is 6.42 Å². The fraction of sp³-hybridized carbons (Fsp3) is 0.357. The third kappa shape index (κ3) is 2.54. The van der Waals surface area contributed by atoms with Gasteiger partial charge in [-0.15, -0.1) is 0 Å². The number of fused-ring (bicyclic) bond motifs is 1. The van der Waals surface area contributed by atoms with Crippen LogP contribution in [-0.4, -0.2) is 16.4 Å². The highest BCUT2D eigenvalue weighted by atomic mass is 16.2. The lowest BCUT2D eigenvalue weighted by Gasteiger charge is -2.22.